The van der Waals surface area contributed by atoms with Crippen LogP contribution in [0.25, 0.3) is 0 Å². The van der Waals surface area contributed by atoms with Gasteiger partial charge in [-0.2, -0.15) is 0 Å². The van der Waals surface area contributed by atoms with E-state index in [-0.39, 0.29) is 18.4 Å². The Kier molecular flexibility index (Phi) is 7.38. The van der Waals surface area contributed by atoms with Gasteiger partial charge in [0.15, 0.2) is 12.6 Å². The Hall–Kier alpha value is -2.70. The Labute approximate surface area is 172 Å². The summed E-state index contributed by atoms with van der Waals surface area (Å²) in [6.07, 6.45) is 0.849. The lowest BCUT2D eigenvalue weighted by Gasteiger charge is -2.32. The molecular weight excluding hydrogens is 366 g/mol. The van der Waals surface area contributed by atoms with Gasteiger partial charge in [-0.25, -0.2) is 0 Å². The van der Waals surface area contributed by atoms with E-state index in [2.05, 4.69) is 12.2 Å². The summed E-state index contributed by atoms with van der Waals surface area (Å²) in [5, 5.41) is 3.01. The Morgan fingerprint density at radius 2 is 1.72 bits per heavy atom. The number of nitrogens with zero attached hydrogens (tertiary/aromatic N) is 1. The first kappa shape index (κ1) is 21.0. The largest absolute Gasteiger partial charge is 0.378 e. The van der Waals surface area contributed by atoms with Gasteiger partial charge >= 0.3 is 0 Å². The lowest BCUT2D eigenvalue weighted by Crippen LogP contribution is -3.11. The van der Waals surface area contributed by atoms with Gasteiger partial charge in [-0.3, -0.25) is 9.59 Å². The van der Waals surface area contributed by atoms with Crippen molar-refractivity contribution in [3.63, 3.8) is 0 Å². The van der Waals surface area contributed by atoms with Crippen molar-refractivity contribution in [3.8, 4) is 0 Å². The molecule has 1 aliphatic rings. The molecule has 0 saturated carbocycles. The molecule has 2 aromatic rings. The molecule has 154 valence electrons. The van der Waals surface area contributed by atoms with E-state index < -0.39 is 6.04 Å². The van der Waals surface area contributed by atoms with Crippen LogP contribution in [-0.4, -0.2) is 56.6 Å². The number of nitrogens with one attached hydrogen (secondary N) is 2. The number of anilines is 1. The number of likely N-dealkylation sites (N-methyl/N-ethyl adjacent to an activating group) is 1. The minimum Gasteiger partial charge on any atom is -0.378 e. The highest BCUT2D eigenvalue weighted by Crippen LogP contribution is 2.16. The van der Waals surface area contributed by atoms with Crippen LogP contribution in [0.1, 0.15) is 24.1 Å². The highest BCUT2D eigenvalue weighted by Gasteiger charge is 2.34. The van der Waals surface area contributed by atoms with Crippen LogP contribution in [-0.2, 0) is 20.7 Å². The van der Waals surface area contributed by atoms with Gasteiger partial charge in [0, 0.05) is 24.3 Å². The van der Waals surface area contributed by atoms with Crippen molar-refractivity contribution in [2.75, 3.05) is 45.2 Å². The highest BCUT2D eigenvalue weighted by atomic mass is 16.5. The summed E-state index contributed by atoms with van der Waals surface area (Å²) in [5.41, 5.74) is 2.86. The second kappa shape index (κ2) is 10.2. The Morgan fingerprint density at radius 3 is 2.41 bits per heavy atom. The molecule has 0 radical (unpaired) electrons. The summed E-state index contributed by atoms with van der Waals surface area (Å²) in [7, 11) is 1.90. The fraction of sp³-hybridized carbons (Fsp3) is 0.391. The molecule has 0 aromatic heterocycles. The van der Waals surface area contributed by atoms with Gasteiger partial charge in [0.05, 0.1) is 20.3 Å². The van der Waals surface area contributed by atoms with Gasteiger partial charge in [0.25, 0.3) is 11.8 Å². The fourth-order valence-electron chi connectivity index (χ4n) is 3.75. The van der Waals surface area contributed by atoms with Gasteiger partial charge < -0.3 is 19.9 Å². The number of rotatable bonds is 7. The number of benzene rings is 2. The van der Waals surface area contributed by atoms with Crippen LogP contribution in [0.5, 0.6) is 0 Å². The topological polar surface area (TPSA) is 63.1 Å². The molecule has 0 aliphatic carbocycles. The van der Waals surface area contributed by atoms with Crippen molar-refractivity contribution in [2.24, 2.45) is 0 Å². The zero-order chi connectivity index (χ0) is 20.6. The standard InChI is InChI=1S/C23H29N3O3/c1-3-18-9-7-8-12-20(18)24-21(27)17-25(2)22(19-10-5-4-6-11-19)23(28)26-13-15-29-16-14-26/h4-12,22H,3,13-17H2,1-2H3,(H,24,27)/p+1/t22-/m0/s1. The second-order valence-electron chi connectivity index (χ2n) is 7.36. The van der Waals surface area contributed by atoms with Crippen molar-refractivity contribution >= 4 is 17.5 Å². The SMILES string of the molecule is CCc1ccccc1NC(=O)C[NH+](C)[C@H](C(=O)N1CCOCC1)c1ccccc1. The summed E-state index contributed by atoms with van der Waals surface area (Å²) in [6.45, 7) is 4.56. The van der Waals surface area contributed by atoms with Crippen LogP contribution in [0.3, 0.4) is 0 Å². The van der Waals surface area contributed by atoms with Crippen molar-refractivity contribution in [1.82, 2.24) is 4.90 Å². The van der Waals surface area contributed by atoms with Gasteiger partial charge in [-0.1, -0.05) is 55.5 Å². The number of carbonyl (C=O) groups is 2. The summed E-state index contributed by atoms with van der Waals surface area (Å²) in [4.78, 5) is 28.7. The number of amides is 2. The van der Waals surface area contributed by atoms with Crippen molar-refractivity contribution in [2.45, 2.75) is 19.4 Å². The normalized spacial score (nSPS) is 16.1. The van der Waals surface area contributed by atoms with Crippen molar-refractivity contribution in [1.29, 1.82) is 0 Å². The molecule has 1 saturated heterocycles. The zero-order valence-electron chi connectivity index (χ0n) is 17.2. The minimum atomic E-state index is -0.429. The van der Waals surface area contributed by atoms with E-state index >= 15 is 0 Å². The first-order chi connectivity index (χ1) is 14.1. The van der Waals surface area contributed by atoms with Crippen LogP contribution in [0.2, 0.25) is 0 Å². The van der Waals surface area contributed by atoms with E-state index in [0.29, 0.717) is 26.3 Å². The molecule has 0 bridgehead atoms. The maximum absolute atomic E-state index is 13.3. The van der Waals surface area contributed by atoms with Crippen LogP contribution >= 0.6 is 0 Å². The van der Waals surface area contributed by atoms with Gasteiger partial charge in [-0.05, 0) is 18.1 Å². The van der Waals surface area contributed by atoms with Crippen molar-refractivity contribution < 1.29 is 19.2 Å². The third kappa shape index (κ3) is 5.43. The lowest BCUT2D eigenvalue weighted by atomic mass is 10.0. The molecule has 3 rings (SSSR count). The quantitative estimate of drug-likeness (QED) is 0.742. The molecular formula is C23H30N3O3+. The average Bonchev–Trinajstić information content (AvgIpc) is 2.75. The summed E-state index contributed by atoms with van der Waals surface area (Å²) < 4.78 is 5.38. The Balaban J connectivity index is 1.74. The molecule has 2 atom stereocenters. The van der Waals surface area contributed by atoms with Gasteiger partial charge in [0.2, 0.25) is 0 Å². The van der Waals surface area contributed by atoms with Gasteiger partial charge in [0.1, 0.15) is 0 Å². The number of hydrogen-bond acceptors (Lipinski definition) is 3. The number of hydrogen-bond donors (Lipinski definition) is 2. The Bertz CT molecular complexity index is 819. The molecule has 2 N–H and O–H groups in total. The van der Waals surface area contributed by atoms with Crippen LogP contribution < -0.4 is 10.2 Å². The molecule has 6 heteroatoms. The maximum Gasteiger partial charge on any atom is 0.285 e. The highest BCUT2D eigenvalue weighted by molar-refractivity contribution is 5.92. The first-order valence-corrected chi connectivity index (χ1v) is 10.2. The average molecular weight is 397 g/mol. The molecule has 1 unspecified atom stereocenters. The fourth-order valence-corrected chi connectivity index (χ4v) is 3.75. The second-order valence-corrected chi connectivity index (χ2v) is 7.36. The van der Waals surface area contributed by atoms with Crippen molar-refractivity contribution in [3.05, 3.63) is 65.7 Å². The van der Waals surface area contributed by atoms with E-state index in [1.165, 1.54) is 0 Å². The monoisotopic (exact) mass is 396 g/mol. The van der Waals surface area contributed by atoms with E-state index in [0.717, 1.165) is 28.1 Å². The smallest absolute Gasteiger partial charge is 0.285 e. The third-order valence-corrected chi connectivity index (χ3v) is 5.31. The van der Waals surface area contributed by atoms with E-state index in [1.807, 2.05) is 66.5 Å². The Morgan fingerprint density at radius 1 is 1.07 bits per heavy atom. The molecule has 1 heterocycles. The van der Waals surface area contributed by atoms with Crippen LogP contribution in [0.4, 0.5) is 5.69 Å². The maximum atomic E-state index is 13.3. The van der Waals surface area contributed by atoms with Gasteiger partial charge in [-0.15, -0.1) is 0 Å². The molecule has 2 aromatic carbocycles. The number of quaternary nitrogens is 1. The zero-order valence-corrected chi connectivity index (χ0v) is 17.2. The predicted octanol–water partition coefficient (Wildman–Crippen LogP) is 1.30. The molecule has 1 aliphatic heterocycles. The number of morpholine rings is 1. The molecule has 6 nitrogen and oxygen atoms in total. The summed E-state index contributed by atoms with van der Waals surface area (Å²) >= 11 is 0. The van der Waals surface area contributed by atoms with Crippen LogP contribution in [0, 0.1) is 0 Å². The minimum absolute atomic E-state index is 0.0405. The third-order valence-electron chi connectivity index (χ3n) is 5.31. The molecule has 2 amide bonds. The van der Waals surface area contributed by atoms with E-state index in [9.17, 15) is 9.59 Å². The number of carbonyl (C=O) groups excluding carboxylic acids is 2. The molecule has 0 spiro atoms. The first-order valence-electron chi connectivity index (χ1n) is 10.2. The summed E-state index contributed by atoms with van der Waals surface area (Å²) in [5.74, 6) is -0.0575. The predicted molar refractivity (Wildman–Crippen MR) is 113 cm³/mol. The lowest BCUT2D eigenvalue weighted by molar-refractivity contribution is -0.894. The number of para-hydroxylation sites is 1. The van der Waals surface area contributed by atoms with Crippen LogP contribution in [0.15, 0.2) is 54.6 Å². The molecule has 1 fully saturated rings. The molecule has 29 heavy (non-hydrogen) atoms. The number of aryl methyl sites for hydroxylation is 1. The summed E-state index contributed by atoms with van der Waals surface area (Å²) in [6, 6.07) is 17.1. The van der Waals surface area contributed by atoms with E-state index in [1.54, 1.807) is 0 Å². The number of ether oxygens (including phenoxy) is 1. The van der Waals surface area contributed by atoms with E-state index in [4.69, 9.17) is 4.74 Å².